The first-order valence-corrected chi connectivity index (χ1v) is 7.80. The minimum Gasteiger partial charge on any atom is -0.497 e. The van der Waals surface area contributed by atoms with Crippen LogP contribution in [0.1, 0.15) is 23.6 Å². The number of hydrogen-bond donors (Lipinski definition) is 2. The molecule has 2 N–H and O–H groups in total. The van der Waals surface area contributed by atoms with Crippen LogP contribution in [-0.4, -0.2) is 23.9 Å². The molecule has 0 unspecified atom stereocenters. The highest BCUT2D eigenvalue weighted by Crippen LogP contribution is 2.35. The van der Waals surface area contributed by atoms with Crippen molar-refractivity contribution in [2.45, 2.75) is 19.0 Å². The molecule has 0 bridgehead atoms. The van der Waals surface area contributed by atoms with Gasteiger partial charge < -0.3 is 14.8 Å². The van der Waals surface area contributed by atoms with E-state index in [1.54, 1.807) is 7.11 Å². The van der Waals surface area contributed by atoms with Gasteiger partial charge >= 0.3 is 0 Å². The van der Waals surface area contributed by atoms with Gasteiger partial charge in [-0.25, -0.2) is 0 Å². The van der Waals surface area contributed by atoms with Gasteiger partial charge in [0.1, 0.15) is 11.5 Å². The fourth-order valence-corrected chi connectivity index (χ4v) is 3.12. The Hall–Kier alpha value is -2.53. The van der Waals surface area contributed by atoms with Gasteiger partial charge in [0, 0.05) is 36.0 Å². The molecule has 1 aromatic heterocycles. The monoisotopic (exact) mass is 309 g/mol. The second-order valence-electron chi connectivity index (χ2n) is 5.73. The molecule has 0 radical (unpaired) electrons. The Bertz CT molecular complexity index is 828. The summed E-state index contributed by atoms with van der Waals surface area (Å²) in [4.78, 5) is 0. The third kappa shape index (κ3) is 2.64. The largest absolute Gasteiger partial charge is 0.497 e. The van der Waals surface area contributed by atoms with Gasteiger partial charge in [0.25, 0.3) is 0 Å². The highest BCUT2D eigenvalue weighted by Gasteiger charge is 2.21. The molecular weight excluding hydrogens is 290 g/mol. The first-order chi connectivity index (χ1) is 11.3. The molecule has 23 heavy (non-hydrogen) atoms. The first-order valence-electron chi connectivity index (χ1n) is 7.80. The molecule has 1 aliphatic rings. The van der Waals surface area contributed by atoms with Crippen LogP contribution in [0.25, 0.3) is 10.9 Å². The number of benzene rings is 2. The quantitative estimate of drug-likeness (QED) is 0.777. The summed E-state index contributed by atoms with van der Waals surface area (Å²) in [6, 6.07) is 12.6. The van der Waals surface area contributed by atoms with Crippen molar-refractivity contribution in [2.75, 3.05) is 13.7 Å². The number of methoxy groups -OCH3 is 1. The van der Waals surface area contributed by atoms with Crippen molar-refractivity contribution in [3.8, 4) is 11.5 Å². The van der Waals surface area contributed by atoms with Gasteiger partial charge in [-0.2, -0.15) is 5.10 Å². The van der Waals surface area contributed by atoms with E-state index < -0.39 is 0 Å². The first kappa shape index (κ1) is 14.1. The zero-order valence-corrected chi connectivity index (χ0v) is 13.0. The highest BCUT2D eigenvalue weighted by atomic mass is 16.5. The van der Waals surface area contributed by atoms with Gasteiger partial charge in [-0.05, 0) is 11.6 Å². The van der Waals surface area contributed by atoms with Gasteiger partial charge in [0.2, 0.25) is 0 Å². The summed E-state index contributed by atoms with van der Waals surface area (Å²) in [5.74, 6) is 1.74. The normalized spacial score (nSPS) is 16.8. The van der Waals surface area contributed by atoms with Crippen LogP contribution >= 0.6 is 0 Å². The molecular formula is C18H19N3O2. The lowest BCUT2D eigenvalue weighted by Crippen LogP contribution is -2.26. The summed E-state index contributed by atoms with van der Waals surface area (Å²) >= 11 is 0. The molecule has 5 heteroatoms. The Balaban J connectivity index is 1.55. The molecule has 5 nitrogen and oxygen atoms in total. The number of ether oxygens (including phenoxy) is 2. The molecule has 1 atom stereocenters. The van der Waals surface area contributed by atoms with Gasteiger partial charge in [-0.3, -0.25) is 5.10 Å². The Morgan fingerprint density at radius 1 is 1.35 bits per heavy atom. The van der Waals surface area contributed by atoms with Gasteiger partial charge in [0.05, 0.1) is 25.4 Å². The topological polar surface area (TPSA) is 59.2 Å². The van der Waals surface area contributed by atoms with Crippen LogP contribution in [-0.2, 0) is 6.54 Å². The van der Waals surface area contributed by atoms with Crippen LogP contribution in [0.15, 0.2) is 42.6 Å². The standard InChI is InChI=1S/C18H19N3O2/c1-22-14-5-6-15-16(7-8-23-17(15)9-14)19-10-12-3-2-4-13-11-20-21-18(12)13/h2-6,9,11,16,19H,7-8,10H2,1H3,(H,20,21)/t16-/m0/s1. The number of aromatic amines is 1. The molecule has 0 amide bonds. The number of nitrogens with zero attached hydrogens (tertiary/aromatic N) is 1. The molecule has 4 rings (SSSR count). The number of hydrogen-bond acceptors (Lipinski definition) is 4. The van der Waals surface area contributed by atoms with Crippen molar-refractivity contribution in [2.24, 2.45) is 0 Å². The molecule has 0 fully saturated rings. The van der Waals surface area contributed by atoms with E-state index in [2.05, 4.69) is 39.8 Å². The van der Waals surface area contributed by atoms with E-state index in [9.17, 15) is 0 Å². The minimum atomic E-state index is 0.280. The second-order valence-corrected chi connectivity index (χ2v) is 5.73. The lowest BCUT2D eigenvalue weighted by Gasteiger charge is -2.27. The summed E-state index contributed by atoms with van der Waals surface area (Å²) in [5.41, 5.74) is 3.51. The van der Waals surface area contributed by atoms with Crippen LogP contribution in [0, 0.1) is 0 Å². The Morgan fingerprint density at radius 3 is 3.22 bits per heavy atom. The van der Waals surface area contributed by atoms with E-state index >= 15 is 0 Å². The number of fused-ring (bicyclic) bond motifs is 2. The zero-order valence-electron chi connectivity index (χ0n) is 13.0. The van der Waals surface area contributed by atoms with Gasteiger partial charge in [-0.1, -0.05) is 24.3 Å². The summed E-state index contributed by atoms with van der Waals surface area (Å²) < 4.78 is 11.0. The van der Waals surface area contributed by atoms with Crippen LogP contribution in [0.4, 0.5) is 0 Å². The number of rotatable bonds is 4. The SMILES string of the molecule is COc1ccc2c(c1)OCC[C@@H]2NCc1cccc2cn[nH]c12. The van der Waals surface area contributed by atoms with Gasteiger partial charge in [-0.15, -0.1) is 0 Å². The molecule has 2 aromatic carbocycles. The molecule has 0 saturated carbocycles. The third-order valence-corrected chi connectivity index (χ3v) is 4.36. The van der Waals surface area contributed by atoms with Crippen LogP contribution in [0.5, 0.6) is 11.5 Å². The highest BCUT2D eigenvalue weighted by molar-refractivity contribution is 5.81. The van der Waals surface area contributed by atoms with Crippen molar-refractivity contribution in [1.82, 2.24) is 15.5 Å². The fraction of sp³-hybridized carbons (Fsp3) is 0.278. The average molecular weight is 309 g/mol. The Kier molecular flexibility index (Phi) is 3.63. The van der Waals surface area contributed by atoms with E-state index in [1.165, 1.54) is 11.1 Å². The van der Waals surface area contributed by atoms with Crippen molar-refractivity contribution in [1.29, 1.82) is 0 Å². The molecule has 1 aliphatic heterocycles. The van der Waals surface area contributed by atoms with Crippen molar-refractivity contribution >= 4 is 10.9 Å². The number of para-hydroxylation sites is 1. The van der Waals surface area contributed by atoms with Crippen LogP contribution < -0.4 is 14.8 Å². The zero-order chi connectivity index (χ0) is 15.6. The average Bonchev–Trinajstić information content (AvgIpc) is 3.08. The van der Waals surface area contributed by atoms with E-state index in [-0.39, 0.29) is 6.04 Å². The number of H-pyrrole nitrogens is 1. The number of aromatic nitrogens is 2. The lowest BCUT2D eigenvalue weighted by molar-refractivity contribution is 0.250. The van der Waals surface area contributed by atoms with Crippen LogP contribution in [0.2, 0.25) is 0 Å². The van der Waals surface area contributed by atoms with Crippen molar-refractivity contribution in [3.63, 3.8) is 0 Å². The summed E-state index contributed by atoms with van der Waals surface area (Å²) in [6.07, 6.45) is 2.81. The predicted molar refractivity (Wildman–Crippen MR) is 88.8 cm³/mol. The van der Waals surface area contributed by atoms with E-state index in [4.69, 9.17) is 9.47 Å². The van der Waals surface area contributed by atoms with Crippen molar-refractivity contribution in [3.05, 3.63) is 53.7 Å². The predicted octanol–water partition coefficient (Wildman–Crippen LogP) is 3.18. The maximum Gasteiger partial charge on any atom is 0.127 e. The molecule has 0 aliphatic carbocycles. The molecule has 0 spiro atoms. The molecule has 0 saturated heterocycles. The second kappa shape index (κ2) is 5.93. The van der Waals surface area contributed by atoms with E-state index in [0.717, 1.165) is 35.4 Å². The molecule has 3 aromatic rings. The van der Waals surface area contributed by atoms with Crippen LogP contribution in [0.3, 0.4) is 0 Å². The molecule has 118 valence electrons. The fourth-order valence-electron chi connectivity index (χ4n) is 3.12. The minimum absolute atomic E-state index is 0.280. The van der Waals surface area contributed by atoms with E-state index in [0.29, 0.717) is 6.61 Å². The maximum absolute atomic E-state index is 5.77. The Labute approximate surface area is 134 Å². The Morgan fingerprint density at radius 2 is 2.30 bits per heavy atom. The maximum atomic E-state index is 5.77. The smallest absolute Gasteiger partial charge is 0.127 e. The van der Waals surface area contributed by atoms with Crippen molar-refractivity contribution < 1.29 is 9.47 Å². The summed E-state index contributed by atoms with van der Waals surface area (Å²) in [7, 11) is 1.67. The summed E-state index contributed by atoms with van der Waals surface area (Å²) in [5, 5.41) is 12.0. The van der Waals surface area contributed by atoms with E-state index in [1.807, 2.05) is 18.3 Å². The molecule has 2 heterocycles. The van der Waals surface area contributed by atoms with Gasteiger partial charge in [0.15, 0.2) is 0 Å². The number of nitrogens with one attached hydrogen (secondary N) is 2. The third-order valence-electron chi connectivity index (χ3n) is 4.36. The summed E-state index contributed by atoms with van der Waals surface area (Å²) in [6.45, 7) is 1.50. The lowest BCUT2D eigenvalue weighted by atomic mass is 10.00.